The highest BCUT2D eigenvalue weighted by Crippen LogP contribution is 2.27. The van der Waals surface area contributed by atoms with Crippen molar-refractivity contribution in [2.75, 3.05) is 13.1 Å². The first-order valence-electron chi connectivity index (χ1n) is 5.50. The molecular weight excluding hydrogens is 256 g/mol. The SMILES string of the molecule is Cc1ccc(S(=O)(=O)N2CCC(C#N)CC2)s1. The van der Waals surface area contributed by atoms with Crippen molar-refractivity contribution in [2.24, 2.45) is 5.92 Å². The van der Waals surface area contributed by atoms with E-state index in [-0.39, 0.29) is 5.92 Å². The molecule has 17 heavy (non-hydrogen) atoms. The van der Waals surface area contributed by atoms with Crippen LogP contribution < -0.4 is 0 Å². The molecule has 4 nitrogen and oxygen atoms in total. The van der Waals surface area contributed by atoms with Gasteiger partial charge in [-0.05, 0) is 31.9 Å². The van der Waals surface area contributed by atoms with Gasteiger partial charge in [0.2, 0.25) is 0 Å². The number of piperidine rings is 1. The predicted octanol–water partition coefficient (Wildman–Crippen LogP) is 1.98. The molecule has 0 atom stereocenters. The molecule has 2 heterocycles. The van der Waals surface area contributed by atoms with E-state index >= 15 is 0 Å². The monoisotopic (exact) mass is 270 g/mol. The van der Waals surface area contributed by atoms with Gasteiger partial charge < -0.3 is 0 Å². The van der Waals surface area contributed by atoms with Crippen LogP contribution in [0.4, 0.5) is 0 Å². The van der Waals surface area contributed by atoms with Crippen molar-refractivity contribution < 1.29 is 8.42 Å². The molecule has 1 aliphatic rings. The molecule has 0 unspecified atom stereocenters. The van der Waals surface area contributed by atoms with E-state index in [9.17, 15) is 8.42 Å². The van der Waals surface area contributed by atoms with Gasteiger partial charge in [0.1, 0.15) is 4.21 Å². The lowest BCUT2D eigenvalue weighted by Crippen LogP contribution is -2.37. The Balaban J connectivity index is 2.16. The molecule has 1 aromatic rings. The van der Waals surface area contributed by atoms with Crippen molar-refractivity contribution in [3.05, 3.63) is 17.0 Å². The quantitative estimate of drug-likeness (QED) is 0.825. The first-order valence-corrected chi connectivity index (χ1v) is 7.76. The molecule has 0 saturated carbocycles. The van der Waals surface area contributed by atoms with Gasteiger partial charge in [0.25, 0.3) is 10.0 Å². The van der Waals surface area contributed by atoms with Crippen LogP contribution in [0.3, 0.4) is 0 Å². The van der Waals surface area contributed by atoms with E-state index in [2.05, 4.69) is 6.07 Å². The van der Waals surface area contributed by atoms with E-state index in [0.717, 1.165) is 4.88 Å². The van der Waals surface area contributed by atoms with Crippen LogP contribution in [0.2, 0.25) is 0 Å². The fourth-order valence-corrected chi connectivity index (χ4v) is 4.81. The molecule has 2 rings (SSSR count). The van der Waals surface area contributed by atoms with Gasteiger partial charge >= 0.3 is 0 Å². The minimum atomic E-state index is -3.33. The predicted molar refractivity (Wildman–Crippen MR) is 66.2 cm³/mol. The number of nitriles is 1. The van der Waals surface area contributed by atoms with Gasteiger partial charge in [-0.3, -0.25) is 0 Å². The van der Waals surface area contributed by atoms with Crippen LogP contribution in [0.5, 0.6) is 0 Å². The topological polar surface area (TPSA) is 61.2 Å². The van der Waals surface area contributed by atoms with Crippen molar-refractivity contribution in [1.82, 2.24) is 4.31 Å². The highest BCUT2D eigenvalue weighted by Gasteiger charge is 2.30. The Hall–Kier alpha value is -0.900. The Bertz CT molecular complexity index is 534. The molecule has 92 valence electrons. The lowest BCUT2D eigenvalue weighted by molar-refractivity contribution is 0.310. The minimum absolute atomic E-state index is 0.00604. The zero-order valence-corrected chi connectivity index (χ0v) is 11.2. The van der Waals surface area contributed by atoms with E-state index < -0.39 is 10.0 Å². The third-order valence-electron chi connectivity index (χ3n) is 2.95. The second-order valence-electron chi connectivity index (χ2n) is 4.17. The molecule has 1 fully saturated rings. The first-order chi connectivity index (χ1) is 8.04. The number of thiophene rings is 1. The van der Waals surface area contributed by atoms with Crippen LogP contribution in [-0.4, -0.2) is 25.8 Å². The van der Waals surface area contributed by atoms with E-state index in [1.165, 1.54) is 15.6 Å². The Labute approximate surface area is 106 Å². The van der Waals surface area contributed by atoms with Gasteiger partial charge in [-0.2, -0.15) is 9.57 Å². The number of hydrogen-bond donors (Lipinski definition) is 0. The summed E-state index contributed by atoms with van der Waals surface area (Å²) in [6.07, 6.45) is 1.28. The van der Waals surface area contributed by atoms with Gasteiger partial charge in [0, 0.05) is 23.9 Å². The fraction of sp³-hybridized carbons (Fsp3) is 0.545. The summed E-state index contributed by atoms with van der Waals surface area (Å²) in [5, 5.41) is 8.78. The Morgan fingerprint density at radius 3 is 2.53 bits per heavy atom. The molecule has 0 spiro atoms. The first kappa shape index (κ1) is 12.6. The third-order valence-corrected chi connectivity index (χ3v) is 6.31. The van der Waals surface area contributed by atoms with Crippen LogP contribution in [0.1, 0.15) is 17.7 Å². The van der Waals surface area contributed by atoms with Crippen molar-refractivity contribution in [2.45, 2.75) is 24.0 Å². The second-order valence-corrected chi connectivity index (χ2v) is 7.63. The van der Waals surface area contributed by atoms with Crippen LogP contribution in [0.25, 0.3) is 0 Å². The molecule has 1 aromatic heterocycles. The van der Waals surface area contributed by atoms with Gasteiger partial charge in [-0.25, -0.2) is 8.42 Å². The highest BCUT2D eigenvalue weighted by atomic mass is 32.2. The zero-order valence-electron chi connectivity index (χ0n) is 9.59. The highest BCUT2D eigenvalue weighted by molar-refractivity contribution is 7.91. The lowest BCUT2D eigenvalue weighted by Gasteiger charge is -2.27. The van der Waals surface area contributed by atoms with E-state index in [4.69, 9.17) is 5.26 Å². The largest absolute Gasteiger partial charge is 0.252 e. The van der Waals surface area contributed by atoms with Gasteiger partial charge in [-0.1, -0.05) is 0 Å². The number of aryl methyl sites for hydroxylation is 1. The molecule has 0 aromatic carbocycles. The molecule has 0 amide bonds. The summed E-state index contributed by atoms with van der Waals surface area (Å²) in [5.74, 6) is 0.00604. The average Bonchev–Trinajstić information content (AvgIpc) is 2.77. The standard InChI is InChI=1S/C11H14N2O2S2/c1-9-2-3-11(16-9)17(14,15)13-6-4-10(8-12)5-7-13/h2-3,10H,4-7H2,1H3. The maximum absolute atomic E-state index is 12.2. The van der Waals surface area contributed by atoms with Crippen molar-refractivity contribution in [1.29, 1.82) is 5.26 Å². The second kappa shape index (κ2) is 4.77. The maximum atomic E-state index is 12.2. The third kappa shape index (κ3) is 2.51. The minimum Gasteiger partial charge on any atom is -0.206 e. The van der Waals surface area contributed by atoms with E-state index in [1.54, 1.807) is 6.07 Å². The molecule has 0 aliphatic carbocycles. The summed E-state index contributed by atoms with van der Waals surface area (Å²) >= 11 is 1.30. The molecule has 6 heteroatoms. The summed E-state index contributed by atoms with van der Waals surface area (Å²) in [4.78, 5) is 0.996. The summed E-state index contributed by atoms with van der Waals surface area (Å²) in [5.41, 5.74) is 0. The molecule has 0 radical (unpaired) electrons. The Morgan fingerprint density at radius 1 is 1.41 bits per heavy atom. The fourth-order valence-electron chi connectivity index (χ4n) is 1.90. The van der Waals surface area contributed by atoms with Crippen molar-refractivity contribution >= 4 is 21.4 Å². The van der Waals surface area contributed by atoms with Crippen LogP contribution in [0, 0.1) is 24.2 Å². The van der Waals surface area contributed by atoms with Crippen LogP contribution in [0.15, 0.2) is 16.3 Å². The van der Waals surface area contributed by atoms with E-state index in [0.29, 0.717) is 30.1 Å². The van der Waals surface area contributed by atoms with Crippen LogP contribution in [-0.2, 0) is 10.0 Å². The molecule has 0 N–H and O–H groups in total. The summed E-state index contributed by atoms with van der Waals surface area (Å²) in [6, 6.07) is 5.68. The molecule has 1 aliphatic heterocycles. The van der Waals surface area contributed by atoms with Crippen molar-refractivity contribution in [3.8, 4) is 6.07 Å². The number of nitrogens with zero attached hydrogens (tertiary/aromatic N) is 2. The molecule has 0 bridgehead atoms. The summed E-state index contributed by atoms with van der Waals surface area (Å²) in [6.45, 7) is 2.81. The summed E-state index contributed by atoms with van der Waals surface area (Å²) in [7, 11) is -3.33. The molecular formula is C11H14N2O2S2. The molecule has 1 saturated heterocycles. The van der Waals surface area contributed by atoms with Crippen LogP contribution >= 0.6 is 11.3 Å². The lowest BCUT2D eigenvalue weighted by atomic mass is 10.0. The zero-order chi connectivity index (χ0) is 12.5. The Kier molecular flexibility index (Phi) is 3.52. The van der Waals surface area contributed by atoms with Gasteiger partial charge in [-0.15, -0.1) is 11.3 Å². The number of hydrogen-bond acceptors (Lipinski definition) is 4. The van der Waals surface area contributed by atoms with E-state index in [1.807, 2.05) is 13.0 Å². The van der Waals surface area contributed by atoms with Crippen molar-refractivity contribution in [3.63, 3.8) is 0 Å². The van der Waals surface area contributed by atoms with Gasteiger partial charge in [0.05, 0.1) is 6.07 Å². The normalized spacial score (nSPS) is 19.1. The maximum Gasteiger partial charge on any atom is 0.252 e. The Morgan fingerprint density at radius 2 is 2.06 bits per heavy atom. The average molecular weight is 270 g/mol. The summed E-state index contributed by atoms with van der Waals surface area (Å²) < 4.78 is 26.4. The number of sulfonamides is 1. The van der Waals surface area contributed by atoms with Gasteiger partial charge in [0.15, 0.2) is 0 Å². The number of rotatable bonds is 2. The smallest absolute Gasteiger partial charge is 0.206 e.